The second kappa shape index (κ2) is 7.25. The molecule has 0 amide bonds. The molecule has 0 aliphatic carbocycles. The Morgan fingerprint density at radius 1 is 1.09 bits per heavy atom. The van der Waals surface area contributed by atoms with Gasteiger partial charge < -0.3 is 9.84 Å². The van der Waals surface area contributed by atoms with E-state index < -0.39 is 6.10 Å². The van der Waals surface area contributed by atoms with Gasteiger partial charge in [-0.2, -0.15) is 5.10 Å². The van der Waals surface area contributed by atoms with E-state index in [4.69, 9.17) is 4.74 Å². The predicted molar refractivity (Wildman–Crippen MR) is 93.3 cm³/mol. The monoisotopic (exact) mass is 437 g/mol. The van der Waals surface area contributed by atoms with Crippen molar-refractivity contribution in [2.24, 2.45) is 0 Å². The Labute approximate surface area is 150 Å². The summed E-state index contributed by atoms with van der Waals surface area (Å²) >= 11 is 6.87. The van der Waals surface area contributed by atoms with Gasteiger partial charge in [-0.25, -0.2) is 4.98 Å². The van der Waals surface area contributed by atoms with Crippen LogP contribution >= 0.6 is 31.9 Å². The zero-order chi connectivity index (χ0) is 16.2. The molecule has 0 aliphatic heterocycles. The minimum Gasteiger partial charge on any atom is -0.457 e. The minimum absolute atomic E-state index is 0.339. The second-order valence-electron chi connectivity index (χ2n) is 4.87. The molecule has 0 bridgehead atoms. The van der Waals surface area contributed by atoms with Crippen LogP contribution in [-0.4, -0.2) is 19.9 Å². The molecule has 1 atom stereocenters. The molecule has 1 aromatic heterocycles. The van der Waals surface area contributed by atoms with Crippen molar-refractivity contribution in [3.63, 3.8) is 0 Å². The van der Waals surface area contributed by atoms with E-state index in [2.05, 4.69) is 41.9 Å². The summed E-state index contributed by atoms with van der Waals surface area (Å²) < 4.78 is 9.16. The highest BCUT2D eigenvalue weighted by molar-refractivity contribution is 9.10. The Kier molecular flexibility index (Phi) is 5.09. The Hall–Kier alpha value is -1.70. The predicted octanol–water partition coefficient (Wildman–Crippen LogP) is 4.33. The summed E-state index contributed by atoms with van der Waals surface area (Å²) in [5, 5.41) is 14.3. The maximum atomic E-state index is 10.3. The molecule has 0 aliphatic rings. The van der Waals surface area contributed by atoms with Crippen molar-refractivity contribution in [3.05, 3.63) is 69.6 Å². The molecule has 0 radical (unpaired) electrons. The summed E-state index contributed by atoms with van der Waals surface area (Å²) in [5.74, 6) is 1.44. The highest BCUT2D eigenvalue weighted by atomic mass is 79.9. The molecule has 0 fully saturated rings. The zero-order valence-electron chi connectivity index (χ0n) is 11.9. The lowest BCUT2D eigenvalue weighted by Crippen LogP contribution is -2.09. The van der Waals surface area contributed by atoms with E-state index in [1.54, 1.807) is 11.0 Å². The van der Waals surface area contributed by atoms with Crippen LogP contribution in [0.15, 0.2) is 64.1 Å². The fourth-order valence-corrected chi connectivity index (χ4v) is 2.97. The lowest BCUT2D eigenvalue weighted by molar-refractivity contribution is 0.150. The van der Waals surface area contributed by atoms with Gasteiger partial charge in [0.2, 0.25) is 0 Å². The van der Waals surface area contributed by atoms with Gasteiger partial charge in [-0.1, -0.05) is 37.9 Å². The molecule has 3 aromatic rings. The highest BCUT2D eigenvalue weighted by Crippen LogP contribution is 2.31. The third-order valence-electron chi connectivity index (χ3n) is 3.21. The van der Waals surface area contributed by atoms with Gasteiger partial charge in [0.25, 0.3) is 0 Å². The number of halogens is 2. The number of rotatable bonds is 5. The van der Waals surface area contributed by atoms with E-state index in [9.17, 15) is 5.11 Å². The third-order valence-corrected chi connectivity index (χ3v) is 4.42. The number of hydrogen-bond donors (Lipinski definition) is 1. The first kappa shape index (κ1) is 16.2. The first-order valence-electron chi connectivity index (χ1n) is 6.85. The van der Waals surface area contributed by atoms with E-state index in [0.29, 0.717) is 12.3 Å². The summed E-state index contributed by atoms with van der Waals surface area (Å²) in [6.07, 6.45) is 2.33. The number of ether oxygens (including phenoxy) is 1. The van der Waals surface area contributed by atoms with Crippen molar-refractivity contribution >= 4 is 31.9 Å². The van der Waals surface area contributed by atoms with E-state index >= 15 is 0 Å². The van der Waals surface area contributed by atoms with Gasteiger partial charge in [0.1, 0.15) is 24.2 Å². The van der Waals surface area contributed by atoms with Gasteiger partial charge in [0.15, 0.2) is 0 Å². The van der Waals surface area contributed by atoms with Crippen molar-refractivity contribution < 1.29 is 9.84 Å². The van der Waals surface area contributed by atoms with Gasteiger partial charge in [0.05, 0.1) is 12.6 Å². The molecule has 0 saturated heterocycles. The van der Waals surface area contributed by atoms with Crippen LogP contribution in [0.2, 0.25) is 0 Å². The van der Waals surface area contributed by atoms with Crippen LogP contribution in [0, 0.1) is 0 Å². The zero-order valence-corrected chi connectivity index (χ0v) is 15.1. The van der Waals surface area contributed by atoms with Crippen LogP contribution < -0.4 is 4.74 Å². The van der Waals surface area contributed by atoms with Crippen LogP contribution in [0.3, 0.4) is 0 Å². The van der Waals surface area contributed by atoms with Crippen LogP contribution in [-0.2, 0) is 6.54 Å². The van der Waals surface area contributed by atoms with Crippen LogP contribution in [0.1, 0.15) is 11.7 Å². The SMILES string of the molecule is OC(Cn1cncn1)c1ccc(Oc2ccc(Br)cc2)cc1Br. The Morgan fingerprint density at radius 2 is 1.83 bits per heavy atom. The van der Waals surface area contributed by atoms with Crippen molar-refractivity contribution in [2.75, 3.05) is 0 Å². The summed E-state index contributed by atoms with van der Waals surface area (Å²) in [7, 11) is 0. The van der Waals surface area contributed by atoms with Crippen LogP contribution in [0.4, 0.5) is 0 Å². The van der Waals surface area contributed by atoms with E-state index in [0.717, 1.165) is 20.3 Å². The molecule has 2 aromatic carbocycles. The van der Waals surface area contributed by atoms with Gasteiger partial charge >= 0.3 is 0 Å². The van der Waals surface area contributed by atoms with Crippen LogP contribution in [0.5, 0.6) is 11.5 Å². The molecular weight excluding hydrogens is 426 g/mol. The van der Waals surface area contributed by atoms with E-state index in [1.807, 2.05) is 42.5 Å². The summed E-state index contributed by atoms with van der Waals surface area (Å²) in [5.41, 5.74) is 0.767. The smallest absolute Gasteiger partial charge is 0.137 e. The lowest BCUT2D eigenvalue weighted by Gasteiger charge is -2.14. The van der Waals surface area contributed by atoms with Crippen molar-refractivity contribution in [2.45, 2.75) is 12.6 Å². The van der Waals surface area contributed by atoms with Gasteiger partial charge in [0, 0.05) is 8.95 Å². The quantitative estimate of drug-likeness (QED) is 0.644. The first-order chi connectivity index (χ1) is 11.1. The van der Waals surface area contributed by atoms with Gasteiger partial charge in [-0.05, 0) is 42.0 Å². The molecule has 1 N–H and O–H groups in total. The number of aromatic nitrogens is 3. The Balaban J connectivity index is 1.73. The maximum absolute atomic E-state index is 10.3. The standard InChI is InChI=1S/C16H13Br2N3O2/c17-11-1-3-12(4-2-11)23-13-5-6-14(15(18)7-13)16(22)8-21-10-19-9-20-21/h1-7,9-10,16,22H,8H2. The molecule has 1 heterocycles. The molecule has 118 valence electrons. The molecule has 7 heteroatoms. The third kappa shape index (κ3) is 4.19. The lowest BCUT2D eigenvalue weighted by atomic mass is 10.1. The Bertz CT molecular complexity index is 777. The molecular formula is C16H13Br2N3O2. The average Bonchev–Trinajstić information content (AvgIpc) is 3.02. The molecule has 5 nitrogen and oxygen atoms in total. The number of benzene rings is 2. The average molecular weight is 439 g/mol. The molecule has 3 rings (SSSR count). The number of aliphatic hydroxyl groups is 1. The van der Waals surface area contributed by atoms with Crippen molar-refractivity contribution in [1.82, 2.24) is 14.8 Å². The molecule has 0 saturated carbocycles. The molecule has 1 unspecified atom stereocenters. The summed E-state index contributed by atoms with van der Waals surface area (Å²) in [6, 6.07) is 13.1. The summed E-state index contributed by atoms with van der Waals surface area (Å²) in [6.45, 7) is 0.339. The maximum Gasteiger partial charge on any atom is 0.137 e. The normalized spacial score (nSPS) is 12.1. The molecule has 23 heavy (non-hydrogen) atoms. The second-order valence-corrected chi connectivity index (χ2v) is 6.64. The van der Waals surface area contributed by atoms with Crippen LogP contribution in [0.25, 0.3) is 0 Å². The highest BCUT2D eigenvalue weighted by Gasteiger charge is 2.13. The van der Waals surface area contributed by atoms with Gasteiger partial charge in [-0.3, -0.25) is 4.68 Å². The minimum atomic E-state index is -0.687. The topological polar surface area (TPSA) is 60.2 Å². The van der Waals surface area contributed by atoms with Crippen molar-refractivity contribution in [1.29, 1.82) is 0 Å². The van der Waals surface area contributed by atoms with Crippen molar-refractivity contribution in [3.8, 4) is 11.5 Å². The first-order valence-corrected chi connectivity index (χ1v) is 8.44. The van der Waals surface area contributed by atoms with E-state index in [1.165, 1.54) is 6.33 Å². The fraction of sp³-hybridized carbons (Fsp3) is 0.125. The largest absolute Gasteiger partial charge is 0.457 e. The molecule has 0 spiro atoms. The van der Waals surface area contributed by atoms with Gasteiger partial charge in [-0.15, -0.1) is 0 Å². The number of aliphatic hydroxyl groups excluding tert-OH is 1. The number of nitrogens with zero attached hydrogens (tertiary/aromatic N) is 3. The summed E-state index contributed by atoms with van der Waals surface area (Å²) in [4.78, 5) is 3.86. The van der Waals surface area contributed by atoms with E-state index in [-0.39, 0.29) is 0 Å². The fourth-order valence-electron chi connectivity index (χ4n) is 2.08. The number of hydrogen-bond acceptors (Lipinski definition) is 4. The Morgan fingerprint density at radius 3 is 2.48 bits per heavy atom.